The highest BCUT2D eigenvalue weighted by Gasteiger charge is 2.09. The summed E-state index contributed by atoms with van der Waals surface area (Å²) in [6, 6.07) is 13.7. The van der Waals surface area contributed by atoms with Gasteiger partial charge in [-0.3, -0.25) is 0 Å². The molecule has 0 fully saturated rings. The molecule has 1 heterocycles. The van der Waals surface area contributed by atoms with Gasteiger partial charge < -0.3 is 9.47 Å². The standard InChI is InChI=1S/C17H16N4O3/c1-12(2)23-15-7-3-13(4-8-15)17(22)24-16-9-5-14(6-10-16)21-11-18-19-20-21/h3-12H,1-2H3. The summed E-state index contributed by atoms with van der Waals surface area (Å²) in [7, 11) is 0. The van der Waals surface area contributed by atoms with E-state index in [-0.39, 0.29) is 6.10 Å². The minimum absolute atomic E-state index is 0.0847. The van der Waals surface area contributed by atoms with E-state index in [9.17, 15) is 4.79 Å². The number of rotatable bonds is 5. The van der Waals surface area contributed by atoms with E-state index in [1.165, 1.54) is 11.0 Å². The Labute approximate surface area is 138 Å². The summed E-state index contributed by atoms with van der Waals surface area (Å²) >= 11 is 0. The van der Waals surface area contributed by atoms with Gasteiger partial charge >= 0.3 is 5.97 Å². The third-order valence-corrected chi connectivity index (χ3v) is 3.12. The second-order valence-electron chi connectivity index (χ2n) is 5.33. The van der Waals surface area contributed by atoms with Gasteiger partial charge in [-0.05, 0) is 72.8 Å². The van der Waals surface area contributed by atoms with Crippen LogP contribution in [0, 0.1) is 0 Å². The van der Waals surface area contributed by atoms with E-state index in [0.29, 0.717) is 17.1 Å². The van der Waals surface area contributed by atoms with Gasteiger partial charge in [-0.1, -0.05) is 0 Å². The highest BCUT2D eigenvalue weighted by molar-refractivity contribution is 5.91. The van der Waals surface area contributed by atoms with Crippen LogP contribution in [0.2, 0.25) is 0 Å². The molecule has 0 aliphatic heterocycles. The van der Waals surface area contributed by atoms with E-state index >= 15 is 0 Å². The lowest BCUT2D eigenvalue weighted by Gasteiger charge is -2.10. The van der Waals surface area contributed by atoms with Gasteiger partial charge in [0, 0.05) is 0 Å². The average Bonchev–Trinajstić information content (AvgIpc) is 3.10. The molecule has 1 aromatic heterocycles. The first-order valence-corrected chi connectivity index (χ1v) is 7.44. The number of aromatic nitrogens is 4. The minimum atomic E-state index is -0.429. The maximum Gasteiger partial charge on any atom is 0.343 e. The number of carbonyl (C=O) groups is 1. The summed E-state index contributed by atoms with van der Waals surface area (Å²) in [5.74, 6) is 0.730. The van der Waals surface area contributed by atoms with Crippen molar-refractivity contribution in [3.63, 3.8) is 0 Å². The van der Waals surface area contributed by atoms with Crippen molar-refractivity contribution < 1.29 is 14.3 Å². The van der Waals surface area contributed by atoms with Crippen molar-refractivity contribution in [1.82, 2.24) is 20.2 Å². The largest absolute Gasteiger partial charge is 0.491 e. The zero-order valence-corrected chi connectivity index (χ0v) is 13.3. The molecule has 0 N–H and O–H groups in total. The zero-order chi connectivity index (χ0) is 16.9. The first-order valence-electron chi connectivity index (χ1n) is 7.44. The van der Waals surface area contributed by atoms with Crippen molar-refractivity contribution in [2.45, 2.75) is 20.0 Å². The highest BCUT2D eigenvalue weighted by atomic mass is 16.5. The van der Waals surface area contributed by atoms with Crippen molar-refractivity contribution in [2.75, 3.05) is 0 Å². The van der Waals surface area contributed by atoms with Crippen molar-refractivity contribution in [3.05, 3.63) is 60.4 Å². The van der Waals surface area contributed by atoms with Crippen LogP contribution in [-0.2, 0) is 0 Å². The number of hydrogen-bond acceptors (Lipinski definition) is 6. The Morgan fingerprint density at radius 3 is 2.25 bits per heavy atom. The number of esters is 1. The summed E-state index contributed by atoms with van der Waals surface area (Å²) in [5, 5.41) is 10.9. The second kappa shape index (κ2) is 6.91. The van der Waals surface area contributed by atoms with Crippen molar-refractivity contribution in [1.29, 1.82) is 0 Å². The zero-order valence-electron chi connectivity index (χ0n) is 13.3. The van der Waals surface area contributed by atoms with Gasteiger partial charge in [0.2, 0.25) is 0 Å². The average molecular weight is 324 g/mol. The first kappa shape index (κ1) is 15.7. The Morgan fingerprint density at radius 2 is 1.67 bits per heavy atom. The van der Waals surface area contributed by atoms with Crippen LogP contribution in [0.15, 0.2) is 54.9 Å². The molecule has 3 rings (SSSR count). The highest BCUT2D eigenvalue weighted by Crippen LogP contribution is 2.18. The molecular formula is C17H16N4O3. The number of nitrogens with zero attached hydrogens (tertiary/aromatic N) is 4. The number of ether oxygens (including phenoxy) is 2. The van der Waals surface area contributed by atoms with E-state index in [1.54, 1.807) is 48.5 Å². The number of carbonyl (C=O) groups excluding carboxylic acids is 1. The van der Waals surface area contributed by atoms with Crippen molar-refractivity contribution in [2.24, 2.45) is 0 Å². The van der Waals surface area contributed by atoms with Gasteiger partial charge in [0.25, 0.3) is 0 Å². The molecule has 0 radical (unpaired) electrons. The molecule has 0 saturated carbocycles. The fourth-order valence-corrected chi connectivity index (χ4v) is 2.05. The van der Waals surface area contributed by atoms with Crippen LogP contribution in [0.4, 0.5) is 0 Å². The Balaban J connectivity index is 1.66. The Bertz CT molecular complexity index is 797. The third kappa shape index (κ3) is 3.75. The molecule has 0 aliphatic rings. The smallest absolute Gasteiger partial charge is 0.343 e. The van der Waals surface area contributed by atoms with Crippen LogP contribution in [0.3, 0.4) is 0 Å². The maximum atomic E-state index is 12.2. The van der Waals surface area contributed by atoms with E-state index in [4.69, 9.17) is 9.47 Å². The summed E-state index contributed by atoms with van der Waals surface area (Å²) in [6.45, 7) is 3.89. The minimum Gasteiger partial charge on any atom is -0.491 e. The van der Waals surface area contributed by atoms with E-state index in [2.05, 4.69) is 15.5 Å². The molecule has 0 amide bonds. The predicted octanol–water partition coefficient (Wildman–Crippen LogP) is 2.67. The fraction of sp³-hybridized carbons (Fsp3) is 0.176. The van der Waals surface area contributed by atoms with Gasteiger partial charge in [0.05, 0.1) is 17.4 Å². The molecule has 0 aliphatic carbocycles. The first-order chi connectivity index (χ1) is 11.6. The van der Waals surface area contributed by atoms with E-state index in [1.807, 2.05) is 13.8 Å². The molecule has 7 nitrogen and oxygen atoms in total. The lowest BCUT2D eigenvalue weighted by atomic mass is 10.2. The SMILES string of the molecule is CC(C)Oc1ccc(C(=O)Oc2ccc(-n3cnnn3)cc2)cc1. The number of hydrogen-bond donors (Lipinski definition) is 0. The van der Waals surface area contributed by atoms with Crippen LogP contribution in [-0.4, -0.2) is 32.3 Å². The molecule has 0 atom stereocenters. The van der Waals surface area contributed by atoms with Crippen LogP contribution in [0.25, 0.3) is 5.69 Å². The van der Waals surface area contributed by atoms with Gasteiger partial charge in [0.1, 0.15) is 17.8 Å². The lowest BCUT2D eigenvalue weighted by molar-refractivity contribution is 0.0734. The Hall–Kier alpha value is -3.22. The van der Waals surface area contributed by atoms with E-state index < -0.39 is 5.97 Å². The quantitative estimate of drug-likeness (QED) is 0.530. The summed E-state index contributed by atoms with van der Waals surface area (Å²) in [6.07, 6.45) is 1.57. The van der Waals surface area contributed by atoms with Crippen LogP contribution in [0.5, 0.6) is 11.5 Å². The molecule has 7 heteroatoms. The van der Waals surface area contributed by atoms with Gasteiger partial charge in [0.15, 0.2) is 0 Å². The van der Waals surface area contributed by atoms with Crippen LogP contribution in [0.1, 0.15) is 24.2 Å². The second-order valence-corrected chi connectivity index (χ2v) is 5.33. The molecule has 2 aromatic carbocycles. The molecule has 0 bridgehead atoms. The Kier molecular flexibility index (Phi) is 4.51. The maximum absolute atomic E-state index is 12.2. The molecule has 0 spiro atoms. The van der Waals surface area contributed by atoms with Gasteiger partial charge in [-0.25, -0.2) is 9.48 Å². The number of tetrazole rings is 1. The molecule has 0 saturated heterocycles. The predicted molar refractivity (Wildman–Crippen MR) is 86.3 cm³/mol. The van der Waals surface area contributed by atoms with Crippen molar-refractivity contribution >= 4 is 5.97 Å². The van der Waals surface area contributed by atoms with Crippen molar-refractivity contribution in [3.8, 4) is 17.2 Å². The monoisotopic (exact) mass is 324 g/mol. The third-order valence-electron chi connectivity index (χ3n) is 3.12. The molecule has 0 unspecified atom stereocenters. The molecule has 24 heavy (non-hydrogen) atoms. The topological polar surface area (TPSA) is 79.1 Å². The van der Waals surface area contributed by atoms with Crippen LogP contribution >= 0.6 is 0 Å². The van der Waals surface area contributed by atoms with E-state index in [0.717, 1.165) is 5.69 Å². The van der Waals surface area contributed by atoms with Gasteiger partial charge in [-0.15, -0.1) is 5.10 Å². The molecule has 122 valence electrons. The van der Waals surface area contributed by atoms with Gasteiger partial charge in [-0.2, -0.15) is 0 Å². The summed E-state index contributed by atoms with van der Waals surface area (Å²) in [5.41, 5.74) is 1.23. The summed E-state index contributed by atoms with van der Waals surface area (Å²) < 4.78 is 12.4. The lowest BCUT2D eigenvalue weighted by Crippen LogP contribution is -2.09. The molecular weight excluding hydrogens is 308 g/mol. The van der Waals surface area contributed by atoms with Crippen LogP contribution < -0.4 is 9.47 Å². The Morgan fingerprint density at radius 1 is 1.00 bits per heavy atom. The number of benzene rings is 2. The summed E-state index contributed by atoms with van der Waals surface area (Å²) in [4.78, 5) is 12.2. The fourth-order valence-electron chi connectivity index (χ4n) is 2.05. The normalized spacial score (nSPS) is 10.6. The molecule has 3 aromatic rings.